The number of piperazine rings is 1. The molecule has 194 valence electrons. The van der Waals surface area contributed by atoms with E-state index < -0.39 is 11.4 Å². The van der Waals surface area contributed by atoms with Gasteiger partial charge in [0.15, 0.2) is 0 Å². The number of aliphatic carboxylic acids is 1. The van der Waals surface area contributed by atoms with Crippen LogP contribution in [0, 0.1) is 33.5 Å². The maximum atomic E-state index is 14.1. The summed E-state index contributed by atoms with van der Waals surface area (Å²) in [5.41, 5.74) is -0.261. The minimum atomic E-state index is -0.959. The molecule has 2 amide bonds. The van der Waals surface area contributed by atoms with Crippen molar-refractivity contribution in [2.75, 3.05) is 26.2 Å². The van der Waals surface area contributed by atoms with Crippen molar-refractivity contribution in [3.8, 4) is 0 Å². The van der Waals surface area contributed by atoms with Crippen LogP contribution in [-0.2, 0) is 19.2 Å². The molecule has 0 aromatic rings. The molecule has 2 bridgehead atoms. The molecule has 7 heteroatoms. The average molecular weight is 487 g/mol. The highest BCUT2D eigenvalue weighted by Gasteiger charge is 2.68. The molecule has 0 aromatic heterocycles. The maximum absolute atomic E-state index is 14.1. The van der Waals surface area contributed by atoms with E-state index in [1.165, 1.54) is 0 Å². The molecule has 1 N–H and O–H groups in total. The number of ketones is 1. The Morgan fingerprint density at radius 2 is 1.54 bits per heavy atom. The molecule has 35 heavy (non-hydrogen) atoms. The van der Waals surface area contributed by atoms with Crippen LogP contribution in [0.15, 0.2) is 0 Å². The van der Waals surface area contributed by atoms with E-state index in [-0.39, 0.29) is 40.9 Å². The number of hydrogen-bond acceptors (Lipinski definition) is 4. The Morgan fingerprint density at radius 3 is 2.23 bits per heavy atom. The van der Waals surface area contributed by atoms with Crippen LogP contribution in [0.5, 0.6) is 0 Å². The maximum Gasteiger partial charge on any atom is 0.303 e. The molecule has 0 unspecified atom stereocenters. The lowest BCUT2D eigenvalue weighted by molar-refractivity contribution is -0.179. The number of carbonyl (C=O) groups is 4. The van der Waals surface area contributed by atoms with Gasteiger partial charge >= 0.3 is 5.97 Å². The molecule has 0 radical (unpaired) electrons. The number of carboxylic acids is 1. The van der Waals surface area contributed by atoms with E-state index in [0.29, 0.717) is 43.8 Å². The molecule has 0 aromatic carbocycles. The molecular weight excluding hydrogens is 444 g/mol. The molecule has 6 atom stereocenters. The summed E-state index contributed by atoms with van der Waals surface area (Å²) in [5.74, 6) is 0.493. The highest BCUT2D eigenvalue weighted by Crippen LogP contribution is 2.73. The van der Waals surface area contributed by atoms with Crippen LogP contribution < -0.4 is 0 Å². The second-order valence-electron chi connectivity index (χ2n) is 13.2. The summed E-state index contributed by atoms with van der Waals surface area (Å²) >= 11 is 0. The molecule has 5 fully saturated rings. The van der Waals surface area contributed by atoms with E-state index in [2.05, 4.69) is 20.8 Å². The van der Waals surface area contributed by atoms with E-state index in [0.717, 1.165) is 57.8 Å². The van der Waals surface area contributed by atoms with Crippen LogP contribution in [0.3, 0.4) is 0 Å². The molecular formula is C28H42N2O5. The van der Waals surface area contributed by atoms with Crippen molar-refractivity contribution in [2.24, 2.45) is 33.5 Å². The topological polar surface area (TPSA) is 95.0 Å². The van der Waals surface area contributed by atoms with Crippen LogP contribution in [-0.4, -0.2) is 64.7 Å². The molecule has 1 aliphatic heterocycles. The predicted molar refractivity (Wildman–Crippen MR) is 130 cm³/mol. The van der Waals surface area contributed by atoms with E-state index in [1.807, 2.05) is 4.90 Å². The number of rotatable bonds is 4. The fourth-order valence-corrected chi connectivity index (χ4v) is 9.65. The van der Waals surface area contributed by atoms with Gasteiger partial charge in [0.25, 0.3) is 0 Å². The highest BCUT2D eigenvalue weighted by molar-refractivity contribution is 5.88. The molecule has 5 rings (SSSR count). The first-order valence-corrected chi connectivity index (χ1v) is 13.8. The van der Waals surface area contributed by atoms with Crippen LogP contribution in [0.25, 0.3) is 0 Å². The molecule has 1 heterocycles. The first-order valence-electron chi connectivity index (χ1n) is 13.8. The first kappa shape index (κ1) is 24.8. The predicted octanol–water partition coefficient (Wildman–Crippen LogP) is 3.89. The van der Waals surface area contributed by atoms with E-state index in [4.69, 9.17) is 5.11 Å². The zero-order valence-electron chi connectivity index (χ0n) is 21.7. The number of fused-ring (bicyclic) bond motifs is 3. The third-order valence-corrected chi connectivity index (χ3v) is 11.3. The third-order valence-electron chi connectivity index (χ3n) is 11.3. The highest BCUT2D eigenvalue weighted by atomic mass is 16.4. The van der Waals surface area contributed by atoms with Gasteiger partial charge in [-0.1, -0.05) is 27.2 Å². The SMILES string of the molecule is C[C@@]12CC[C@@H]3[C@@](CC[C@H]4[C@@]3(C)CCC[C@@]4(C)C(=O)N3CCN(C(=O)CCC(=O)O)CC3)(CC1=O)C2. The Morgan fingerprint density at radius 1 is 0.886 bits per heavy atom. The van der Waals surface area contributed by atoms with Crippen molar-refractivity contribution in [1.29, 1.82) is 0 Å². The Labute approximate surface area is 209 Å². The quantitative estimate of drug-likeness (QED) is 0.650. The number of Topliss-reactive ketones (excluding diaryl/α,β-unsaturated/α-hetero) is 1. The largest absolute Gasteiger partial charge is 0.481 e. The lowest BCUT2D eigenvalue weighted by Gasteiger charge is -2.64. The molecule has 1 spiro atoms. The molecule has 5 aliphatic rings. The number of amides is 2. The van der Waals surface area contributed by atoms with Gasteiger partial charge in [0.2, 0.25) is 11.8 Å². The van der Waals surface area contributed by atoms with Gasteiger partial charge in [-0.2, -0.15) is 0 Å². The zero-order chi connectivity index (χ0) is 25.2. The Kier molecular flexibility index (Phi) is 5.88. The fraction of sp³-hybridized carbons (Fsp3) is 0.857. The Hall–Kier alpha value is -1.92. The second kappa shape index (κ2) is 8.31. The molecule has 1 saturated heterocycles. The summed E-state index contributed by atoms with van der Waals surface area (Å²) in [5, 5.41) is 8.86. The molecule has 7 nitrogen and oxygen atoms in total. The lowest BCUT2D eigenvalue weighted by atomic mass is 9.40. The third kappa shape index (κ3) is 3.74. The molecule has 4 aliphatic carbocycles. The summed E-state index contributed by atoms with van der Waals surface area (Å²) in [7, 11) is 0. The van der Waals surface area contributed by atoms with E-state index in [1.54, 1.807) is 4.90 Å². The Bertz CT molecular complexity index is 942. The van der Waals surface area contributed by atoms with Gasteiger partial charge in [0.05, 0.1) is 6.42 Å². The van der Waals surface area contributed by atoms with Crippen LogP contribution in [0.1, 0.15) is 91.4 Å². The summed E-state index contributed by atoms with van der Waals surface area (Å²) in [6.45, 7) is 8.84. The normalized spacial score (nSPS) is 42.9. The van der Waals surface area contributed by atoms with Gasteiger partial charge in [-0.05, 0) is 67.6 Å². The van der Waals surface area contributed by atoms with Crippen LogP contribution >= 0.6 is 0 Å². The number of hydrogen-bond donors (Lipinski definition) is 1. The van der Waals surface area contributed by atoms with Crippen molar-refractivity contribution in [2.45, 2.75) is 91.4 Å². The average Bonchev–Trinajstić information content (AvgIpc) is 2.99. The second-order valence-corrected chi connectivity index (χ2v) is 13.2. The summed E-state index contributed by atoms with van der Waals surface area (Å²) < 4.78 is 0. The number of carboxylic acid groups (broad SMARTS) is 1. The minimum absolute atomic E-state index is 0.0200. The minimum Gasteiger partial charge on any atom is -0.481 e. The first-order chi connectivity index (χ1) is 16.4. The van der Waals surface area contributed by atoms with Crippen molar-refractivity contribution in [3.63, 3.8) is 0 Å². The van der Waals surface area contributed by atoms with Crippen molar-refractivity contribution < 1.29 is 24.3 Å². The van der Waals surface area contributed by atoms with Gasteiger partial charge in [0.1, 0.15) is 5.78 Å². The smallest absolute Gasteiger partial charge is 0.303 e. The summed E-state index contributed by atoms with van der Waals surface area (Å²) in [6, 6.07) is 0. The zero-order valence-corrected chi connectivity index (χ0v) is 21.7. The van der Waals surface area contributed by atoms with Gasteiger partial charge in [-0.3, -0.25) is 19.2 Å². The van der Waals surface area contributed by atoms with E-state index >= 15 is 0 Å². The number of nitrogens with zero attached hydrogens (tertiary/aromatic N) is 2. The van der Waals surface area contributed by atoms with Crippen LogP contribution in [0.4, 0.5) is 0 Å². The van der Waals surface area contributed by atoms with E-state index in [9.17, 15) is 19.2 Å². The van der Waals surface area contributed by atoms with Crippen molar-refractivity contribution >= 4 is 23.6 Å². The summed E-state index contributed by atoms with van der Waals surface area (Å²) in [6.07, 6.45) is 9.04. The van der Waals surface area contributed by atoms with Crippen LogP contribution in [0.2, 0.25) is 0 Å². The van der Waals surface area contributed by atoms with Crippen molar-refractivity contribution in [3.05, 3.63) is 0 Å². The standard InChI is InChI=1S/C28H42N2O5/c1-25-11-7-20-26(2)9-4-10-27(3,19(26)8-12-28(20,18-25)17-21(25)31)24(35)30-15-13-29(14-16-30)22(32)5-6-23(33)34/h19-20H,4-18H2,1-3H3,(H,33,34)/t19-,20-,25-,26+,27+,28-/m0/s1. The van der Waals surface area contributed by atoms with Crippen molar-refractivity contribution in [1.82, 2.24) is 9.80 Å². The van der Waals surface area contributed by atoms with Gasteiger partial charge < -0.3 is 14.9 Å². The van der Waals surface area contributed by atoms with Gasteiger partial charge in [-0.25, -0.2) is 0 Å². The monoisotopic (exact) mass is 486 g/mol. The Balaban J connectivity index is 1.30. The summed E-state index contributed by atoms with van der Waals surface area (Å²) in [4.78, 5) is 53.9. The number of carbonyl (C=O) groups excluding carboxylic acids is 3. The lowest BCUT2D eigenvalue weighted by Crippen LogP contribution is -2.62. The fourth-order valence-electron chi connectivity index (χ4n) is 9.65. The van der Waals surface area contributed by atoms with Gasteiger partial charge in [0, 0.05) is 49.9 Å². The molecule has 4 saturated carbocycles. The van der Waals surface area contributed by atoms with Gasteiger partial charge in [-0.15, -0.1) is 0 Å².